The summed E-state index contributed by atoms with van der Waals surface area (Å²) in [5.41, 5.74) is 6.84. The second kappa shape index (κ2) is 4.99. The van der Waals surface area contributed by atoms with E-state index in [0.717, 1.165) is 37.8 Å². The van der Waals surface area contributed by atoms with Gasteiger partial charge in [0.2, 0.25) is 5.91 Å². The fraction of sp³-hybridized carbons (Fsp3) is 0.385. The molecule has 0 bridgehead atoms. The Morgan fingerprint density at radius 2 is 2.12 bits per heavy atom. The molecular weight excluding hydrogens is 216 g/mol. The number of rotatable bonds is 3. The van der Waals surface area contributed by atoms with Crippen molar-refractivity contribution in [1.29, 1.82) is 0 Å². The van der Waals surface area contributed by atoms with Gasteiger partial charge in [0.25, 0.3) is 0 Å². The average molecular weight is 232 g/mol. The summed E-state index contributed by atoms with van der Waals surface area (Å²) < 4.78 is 0. The molecule has 1 aliphatic rings. The Hall–Kier alpha value is -1.84. The van der Waals surface area contributed by atoms with Crippen LogP contribution in [0.25, 0.3) is 0 Å². The van der Waals surface area contributed by atoms with Gasteiger partial charge in [0.15, 0.2) is 6.29 Å². The molecule has 1 atom stereocenters. The SMILES string of the molecule is NC(=O)C1CCCCN1c1ccccc1C=O. The lowest BCUT2D eigenvalue weighted by Crippen LogP contribution is -2.48. The second-order valence-electron chi connectivity index (χ2n) is 4.28. The molecule has 1 saturated heterocycles. The summed E-state index contributed by atoms with van der Waals surface area (Å²) in [6.07, 6.45) is 3.62. The van der Waals surface area contributed by atoms with Gasteiger partial charge < -0.3 is 10.6 Å². The van der Waals surface area contributed by atoms with Crippen molar-refractivity contribution in [3.05, 3.63) is 29.8 Å². The maximum atomic E-state index is 11.4. The molecule has 1 aromatic carbocycles. The van der Waals surface area contributed by atoms with Gasteiger partial charge >= 0.3 is 0 Å². The van der Waals surface area contributed by atoms with Gasteiger partial charge in [-0.05, 0) is 31.4 Å². The van der Waals surface area contributed by atoms with Crippen LogP contribution >= 0.6 is 0 Å². The Kier molecular flexibility index (Phi) is 3.42. The van der Waals surface area contributed by atoms with Crippen molar-refractivity contribution in [3.8, 4) is 0 Å². The monoisotopic (exact) mass is 232 g/mol. The van der Waals surface area contributed by atoms with Gasteiger partial charge in [-0.25, -0.2) is 0 Å². The van der Waals surface area contributed by atoms with E-state index in [0.29, 0.717) is 5.56 Å². The lowest BCUT2D eigenvalue weighted by Gasteiger charge is -2.36. The fourth-order valence-corrected chi connectivity index (χ4v) is 2.36. The summed E-state index contributed by atoms with van der Waals surface area (Å²) >= 11 is 0. The van der Waals surface area contributed by atoms with Crippen LogP contribution in [-0.4, -0.2) is 24.8 Å². The van der Waals surface area contributed by atoms with Crippen LogP contribution in [-0.2, 0) is 4.79 Å². The molecule has 4 nitrogen and oxygen atoms in total. The molecule has 0 aliphatic carbocycles. The highest BCUT2D eigenvalue weighted by Gasteiger charge is 2.28. The molecule has 0 aromatic heterocycles. The van der Waals surface area contributed by atoms with Crippen LogP contribution in [0, 0.1) is 0 Å². The summed E-state index contributed by atoms with van der Waals surface area (Å²) in [5.74, 6) is -0.314. The van der Waals surface area contributed by atoms with Crippen LogP contribution < -0.4 is 10.6 Å². The highest BCUT2D eigenvalue weighted by molar-refractivity contribution is 5.89. The van der Waals surface area contributed by atoms with E-state index in [-0.39, 0.29) is 11.9 Å². The molecule has 2 rings (SSSR count). The zero-order valence-electron chi connectivity index (χ0n) is 9.63. The summed E-state index contributed by atoms with van der Waals surface area (Å²) in [6.45, 7) is 0.776. The Bertz CT molecular complexity index is 431. The topological polar surface area (TPSA) is 63.4 Å². The number of benzene rings is 1. The largest absolute Gasteiger partial charge is 0.368 e. The number of hydrogen-bond donors (Lipinski definition) is 1. The van der Waals surface area contributed by atoms with Gasteiger partial charge in [0.05, 0.1) is 0 Å². The molecule has 90 valence electrons. The molecule has 1 amide bonds. The van der Waals surface area contributed by atoms with Crippen LogP contribution in [0.4, 0.5) is 5.69 Å². The van der Waals surface area contributed by atoms with Crippen molar-refractivity contribution < 1.29 is 9.59 Å². The minimum absolute atomic E-state index is 0.287. The number of carbonyl (C=O) groups excluding carboxylic acids is 2. The summed E-state index contributed by atoms with van der Waals surface area (Å²) in [5, 5.41) is 0. The van der Waals surface area contributed by atoms with E-state index in [2.05, 4.69) is 0 Å². The summed E-state index contributed by atoms with van der Waals surface area (Å²) in [6, 6.07) is 7.02. The third-order valence-corrected chi connectivity index (χ3v) is 3.20. The van der Waals surface area contributed by atoms with Crippen molar-refractivity contribution in [3.63, 3.8) is 0 Å². The van der Waals surface area contributed by atoms with Gasteiger partial charge in [-0.3, -0.25) is 9.59 Å². The van der Waals surface area contributed by atoms with Crippen LogP contribution in [0.3, 0.4) is 0 Å². The van der Waals surface area contributed by atoms with E-state index in [1.54, 1.807) is 6.07 Å². The predicted octanol–water partition coefficient (Wildman–Crippen LogP) is 1.34. The third-order valence-electron chi connectivity index (χ3n) is 3.20. The predicted molar refractivity (Wildman–Crippen MR) is 66.0 cm³/mol. The number of hydrogen-bond acceptors (Lipinski definition) is 3. The highest BCUT2D eigenvalue weighted by atomic mass is 16.1. The normalized spacial score (nSPS) is 20.0. The Morgan fingerprint density at radius 1 is 1.35 bits per heavy atom. The molecule has 0 spiro atoms. The first-order chi connectivity index (χ1) is 8.24. The number of anilines is 1. The lowest BCUT2D eigenvalue weighted by molar-refractivity contribution is -0.119. The number of nitrogens with two attached hydrogens (primary N) is 1. The standard InChI is InChI=1S/C13H16N2O2/c14-13(17)12-7-3-4-8-15(12)11-6-2-1-5-10(11)9-16/h1-2,5-6,9,12H,3-4,7-8H2,(H2,14,17). The van der Waals surface area contributed by atoms with Crippen molar-refractivity contribution in [2.45, 2.75) is 25.3 Å². The molecule has 1 aliphatic heterocycles. The minimum Gasteiger partial charge on any atom is -0.368 e. The lowest BCUT2D eigenvalue weighted by atomic mass is 9.99. The Morgan fingerprint density at radius 3 is 2.82 bits per heavy atom. The van der Waals surface area contributed by atoms with E-state index >= 15 is 0 Å². The summed E-state index contributed by atoms with van der Waals surface area (Å²) in [7, 11) is 0. The molecular formula is C13H16N2O2. The first-order valence-electron chi connectivity index (χ1n) is 5.84. The number of amides is 1. The molecule has 1 heterocycles. The zero-order chi connectivity index (χ0) is 12.3. The van der Waals surface area contributed by atoms with E-state index in [9.17, 15) is 9.59 Å². The fourth-order valence-electron chi connectivity index (χ4n) is 2.36. The van der Waals surface area contributed by atoms with Gasteiger partial charge in [-0.1, -0.05) is 12.1 Å². The third kappa shape index (κ3) is 2.30. The zero-order valence-corrected chi connectivity index (χ0v) is 9.63. The highest BCUT2D eigenvalue weighted by Crippen LogP contribution is 2.26. The van der Waals surface area contributed by atoms with Crippen molar-refractivity contribution in [2.24, 2.45) is 5.73 Å². The Labute approximate surface area is 100 Å². The molecule has 1 fully saturated rings. The summed E-state index contributed by atoms with van der Waals surface area (Å²) in [4.78, 5) is 24.4. The second-order valence-corrected chi connectivity index (χ2v) is 4.28. The quantitative estimate of drug-likeness (QED) is 0.800. The molecule has 0 radical (unpaired) electrons. The van der Waals surface area contributed by atoms with Gasteiger partial charge in [0.1, 0.15) is 6.04 Å². The van der Waals surface area contributed by atoms with Crippen molar-refractivity contribution in [1.82, 2.24) is 0 Å². The molecule has 2 N–H and O–H groups in total. The number of aldehydes is 1. The van der Waals surface area contributed by atoms with Crippen LogP contribution in [0.1, 0.15) is 29.6 Å². The number of nitrogens with zero attached hydrogens (tertiary/aromatic N) is 1. The first kappa shape index (κ1) is 11.6. The average Bonchev–Trinajstić information content (AvgIpc) is 2.38. The van der Waals surface area contributed by atoms with E-state index < -0.39 is 0 Å². The van der Waals surface area contributed by atoms with E-state index in [1.165, 1.54) is 0 Å². The molecule has 1 unspecified atom stereocenters. The number of piperidine rings is 1. The van der Waals surface area contributed by atoms with Gasteiger partial charge in [0, 0.05) is 17.8 Å². The maximum absolute atomic E-state index is 11.4. The van der Waals surface area contributed by atoms with Crippen LogP contribution in [0.15, 0.2) is 24.3 Å². The number of para-hydroxylation sites is 1. The minimum atomic E-state index is -0.314. The van der Waals surface area contributed by atoms with Crippen LogP contribution in [0.2, 0.25) is 0 Å². The van der Waals surface area contributed by atoms with Gasteiger partial charge in [-0.15, -0.1) is 0 Å². The van der Waals surface area contributed by atoms with Crippen LogP contribution in [0.5, 0.6) is 0 Å². The van der Waals surface area contributed by atoms with Gasteiger partial charge in [-0.2, -0.15) is 0 Å². The first-order valence-corrected chi connectivity index (χ1v) is 5.84. The molecule has 1 aromatic rings. The van der Waals surface area contributed by atoms with Crippen molar-refractivity contribution >= 4 is 17.9 Å². The van der Waals surface area contributed by atoms with E-state index in [1.807, 2.05) is 23.1 Å². The molecule has 0 saturated carbocycles. The number of carbonyl (C=O) groups is 2. The number of primary amides is 1. The smallest absolute Gasteiger partial charge is 0.240 e. The Balaban J connectivity index is 2.35. The maximum Gasteiger partial charge on any atom is 0.240 e. The molecule has 4 heteroatoms. The van der Waals surface area contributed by atoms with E-state index in [4.69, 9.17) is 5.73 Å². The molecule has 17 heavy (non-hydrogen) atoms. The van der Waals surface area contributed by atoms with Crippen molar-refractivity contribution in [2.75, 3.05) is 11.4 Å².